The molecule has 0 aliphatic heterocycles. The average molecular weight is 223 g/mol. The third-order valence-electron chi connectivity index (χ3n) is 2.43. The summed E-state index contributed by atoms with van der Waals surface area (Å²) in [4.78, 5) is 0. The molecule has 62 valence electrons. The van der Waals surface area contributed by atoms with E-state index in [-0.39, 0.29) is 0 Å². The molecule has 0 heterocycles. The van der Waals surface area contributed by atoms with Gasteiger partial charge in [0, 0.05) is 4.47 Å². The lowest BCUT2D eigenvalue weighted by molar-refractivity contribution is 1.08. The highest BCUT2D eigenvalue weighted by Crippen LogP contribution is 2.33. The average Bonchev–Trinajstić information content (AvgIpc) is 2.46. The summed E-state index contributed by atoms with van der Waals surface area (Å²) in [5.41, 5.74) is 4.42. The monoisotopic (exact) mass is 222 g/mol. The molecule has 0 radical (unpaired) electrons. The Kier molecular flexibility index (Phi) is 2.05. The third kappa shape index (κ3) is 1.22. The maximum Gasteiger partial charge on any atom is 0.0181 e. The molecule has 0 unspecified atom stereocenters. The highest BCUT2D eigenvalue weighted by molar-refractivity contribution is 9.10. The van der Waals surface area contributed by atoms with Gasteiger partial charge in [-0.1, -0.05) is 28.1 Å². The maximum atomic E-state index is 3.49. The second kappa shape index (κ2) is 3.06. The van der Waals surface area contributed by atoms with E-state index in [0.717, 1.165) is 0 Å². The van der Waals surface area contributed by atoms with E-state index in [9.17, 15) is 0 Å². The number of allylic oxidation sites excluding steroid dienone is 2. The van der Waals surface area contributed by atoms with E-state index < -0.39 is 0 Å². The summed E-state index contributed by atoms with van der Waals surface area (Å²) in [6, 6.07) is 6.56. The molecule has 12 heavy (non-hydrogen) atoms. The smallest absolute Gasteiger partial charge is 0.0181 e. The van der Waals surface area contributed by atoms with Crippen LogP contribution >= 0.6 is 15.9 Å². The summed E-state index contributed by atoms with van der Waals surface area (Å²) in [5, 5.41) is 0. The van der Waals surface area contributed by atoms with Crippen LogP contribution in [0.3, 0.4) is 0 Å². The van der Waals surface area contributed by atoms with Gasteiger partial charge in [0.15, 0.2) is 0 Å². The van der Waals surface area contributed by atoms with Gasteiger partial charge in [-0.05, 0) is 48.6 Å². The highest BCUT2D eigenvalue weighted by Gasteiger charge is 2.14. The Balaban J connectivity index is 2.57. The number of halogens is 1. The molecule has 1 heteroatoms. The van der Waals surface area contributed by atoms with Crippen molar-refractivity contribution in [3.05, 3.63) is 39.9 Å². The minimum atomic E-state index is 1.18. The molecule has 0 saturated carbocycles. The molecular weight excluding hydrogens is 212 g/mol. The fourth-order valence-corrected chi connectivity index (χ4v) is 2.13. The molecule has 0 atom stereocenters. The zero-order chi connectivity index (χ0) is 8.55. The quantitative estimate of drug-likeness (QED) is 0.627. The van der Waals surface area contributed by atoms with E-state index in [1.807, 2.05) is 0 Å². The van der Waals surface area contributed by atoms with Gasteiger partial charge in [-0.3, -0.25) is 0 Å². The standard InChI is InChI=1S/C11H11Br/c1-2-8-3-4-9-5-6-10(12)7-11(8)9/h2,5-7H,3-4H2,1H3/b8-2-. The Bertz CT molecular complexity index is 337. The van der Waals surface area contributed by atoms with E-state index in [0.29, 0.717) is 0 Å². The number of rotatable bonds is 0. The summed E-state index contributed by atoms with van der Waals surface area (Å²) >= 11 is 3.49. The zero-order valence-electron chi connectivity index (χ0n) is 7.10. The first-order valence-corrected chi connectivity index (χ1v) is 5.04. The fourth-order valence-electron chi connectivity index (χ4n) is 1.77. The van der Waals surface area contributed by atoms with Crippen LogP contribution in [0.15, 0.2) is 28.7 Å². The number of hydrogen-bond acceptors (Lipinski definition) is 0. The molecule has 0 saturated heterocycles. The molecule has 0 bridgehead atoms. The SMILES string of the molecule is C/C=C1/CCc2ccc(Br)cc21. The molecular formula is C11H11Br. The van der Waals surface area contributed by atoms with Crippen molar-refractivity contribution in [2.45, 2.75) is 19.8 Å². The van der Waals surface area contributed by atoms with Gasteiger partial charge in [0.1, 0.15) is 0 Å². The van der Waals surface area contributed by atoms with Crippen LogP contribution in [0.5, 0.6) is 0 Å². The van der Waals surface area contributed by atoms with Crippen LogP contribution in [-0.2, 0) is 6.42 Å². The summed E-state index contributed by atoms with van der Waals surface area (Å²) < 4.78 is 1.18. The molecule has 0 fully saturated rings. The summed E-state index contributed by atoms with van der Waals surface area (Å²) in [6.07, 6.45) is 4.64. The van der Waals surface area contributed by atoms with Crippen LogP contribution in [0.4, 0.5) is 0 Å². The first-order chi connectivity index (χ1) is 5.81. The predicted octanol–water partition coefficient (Wildman–Crippen LogP) is 3.80. The van der Waals surface area contributed by atoms with Crippen molar-refractivity contribution in [2.75, 3.05) is 0 Å². The van der Waals surface area contributed by atoms with Gasteiger partial charge in [0.2, 0.25) is 0 Å². The van der Waals surface area contributed by atoms with Gasteiger partial charge < -0.3 is 0 Å². The van der Waals surface area contributed by atoms with Crippen molar-refractivity contribution < 1.29 is 0 Å². The molecule has 0 spiro atoms. The second-order valence-corrected chi connectivity index (χ2v) is 4.03. The Morgan fingerprint density at radius 3 is 2.92 bits per heavy atom. The summed E-state index contributed by atoms with van der Waals surface area (Å²) in [5.74, 6) is 0. The second-order valence-electron chi connectivity index (χ2n) is 3.12. The minimum absolute atomic E-state index is 1.18. The lowest BCUT2D eigenvalue weighted by Crippen LogP contribution is -1.79. The molecule has 0 nitrogen and oxygen atoms in total. The normalized spacial score (nSPS) is 18.3. The van der Waals surface area contributed by atoms with Gasteiger partial charge in [-0.2, -0.15) is 0 Å². The zero-order valence-corrected chi connectivity index (χ0v) is 8.69. The van der Waals surface area contributed by atoms with Crippen molar-refractivity contribution in [3.8, 4) is 0 Å². The maximum absolute atomic E-state index is 3.49. The van der Waals surface area contributed by atoms with E-state index >= 15 is 0 Å². The van der Waals surface area contributed by atoms with Crippen LogP contribution in [0.25, 0.3) is 5.57 Å². The van der Waals surface area contributed by atoms with Gasteiger partial charge in [0.25, 0.3) is 0 Å². The van der Waals surface area contributed by atoms with Crippen molar-refractivity contribution in [3.63, 3.8) is 0 Å². The topological polar surface area (TPSA) is 0 Å². The molecule has 1 aromatic carbocycles. The van der Waals surface area contributed by atoms with Gasteiger partial charge in [-0.25, -0.2) is 0 Å². The van der Waals surface area contributed by atoms with E-state index in [4.69, 9.17) is 0 Å². The van der Waals surface area contributed by atoms with Crippen LogP contribution in [0.1, 0.15) is 24.5 Å². The number of benzene rings is 1. The lowest BCUT2D eigenvalue weighted by atomic mass is 10.1. The number of fused-ring (bicyclic) bond motifs is 1. The first kappa shape index (κ1) is 8.06. The Hall–Kier alpha value is -0.560. The number of aryl methyl sites for hydroxylation is 1. The number of hydrogen-bond donors (Lipinski definition) is 0. The summed E-state index contributed by atoms with van der Waals surface area (Å²) in [7, 11) is 0. The van der Waals surface area contributed by atoms with E-state index in [1.54, 1.807) is 0 Å². The van der Waals surface area contributed by atoms with E-state index in [1.165, 1.54) is 34.0 Å². The highest BCUT2D eigenvalue weighted by atomic mass is 79.9. The Labute approximate surface area is 81.4 Å². The Morgan fingerprint density at radius 2 is 2.17 bits per heavy atom. The van der Waals surface area contributed by atoms with Crippen molar-refractivity contribution in [1.29, 1.82) is 0 Å². The van der Waals surface area contributed by atoms with Crippen LogP contribution in [-0.4, -0.2) is 0 Å². The molecule has 1 aliphatic rings. The van der Waals surface area contributed by atoms with Gasteiger partial charge >= 0.3 is 0 Å². The van der Waals surface area contributed by atoms with Crippen molar-refractivity contribution >= 4 is 21.5 Å². The molecule has 0 amide bonds. The fraction of sp³-hybridized carbons (Fsp3) is 0.273. The third-order valence-corrected chi connectivity index (χ3v) is 2.92. The summed E-state index contributed by atoms with van der Waals surface area (Å²) in [6.45, 7) is 2.12. The minimum Gasteiger partial charge on any atom is -0.0838 e. The lowest BCUT2D eigenvalue weighted by Gasteiger charge is -2.00. The Morgan fingerprint density at radius 1 is 1.33 bits per heavy atom. The first-order valence-electron chi connectivity index (χ1n) is 4.25. The molecule has 1 aromatic rings. The van der Waals surface area contributed by atoms with Crippen molar-refractivity contribution in [2.24, 2.45) is 0 Å². The van der Waals surface area contributed by atoms with E-state index in [2.05, 4.69) is 47.1 Å². The van der Waals surface area contributed by atoms with Gasteiger partial charge in [-0.15, -0.1) is 0 Å². The largest absolute Gasteiger partial charge is 0.0838 e. The van der Waals surface area contributed by atoms with Crippen LogP contribution < -0.4 is 0 Å². The molecule has 0 N–H and O–H groups in total. The predicted molar refractivity (Wildman–Crippen MR) is 56.1 cm³/mol. The van der Waals surface area contributed by atoms with Gasteiger partial charge in [0.05, 0.1) is 0 Å². The molecule has 0 aromatic heterocycles. The van der Waals surface area contributed by atoms with Crippen LogP contribution in [0, 0.1) is 0 Å². The van der Waals surface area contributed by atoms with Crippen molar-refractivity contribution in [1.82, 2.24) is 0 Å². The molecule has 2 rings (SSSR count). The van der Waals surface area contributed by atoms with Crippen LogP contribution in [0.2, 0.25) is 0 Å². The molecule has 1 aliphatic carbocycles.